The molecule has 0 N–H and O–H groups in total. The molecule has 0 unspecified atom stereocenters. The third kappa shape index (κ3) is 4.26. The summed E-state index contributed by atoms with van der Waals surface area (Å²) in [6, 6.07) is 8.80. The summed E-state index contributed by atoms with van der Waals surface area (Å²) in [6.45, 7) is 6.45. The predicted molar refractivity (Wildman–Crippen MR) is 81.8 cm³/mol. The highest BCUT2D eigenvalue weighted by molar-refractivity contribution is 5.29. The van der Waals surface area contributed by atoms with Gasteiger partial charge < -0.3 is 4.74 Å². The fraction of sp³-hybridized carbons (Fsp3) is 0.667. The molecule has 1 aliphatic carbocycles. The van der Waals surface area contributed by atoms with Crippen molar-refractivity contribution < 1.29 is 4.74 Å². The molecular formula is C18H28O. The van der Waals surface area contributed by atoms with Crippen LogP contribution < -0.4 is 4.74 Å². The van der Waals surface area contributed by atoms with E-state index >= 15 is 0 Å². The Balaban J connectivity index is 1.89. The summed E-state index contributed by atoms with van der Waals surface area (Å²) in [5, 5.41) is 0. The normalized spacial score (nSPS) is 23.6. The van der Waals surface area contributed by atoms with Crippen molar-refractivity contribution in [3.63, 3.8) is 0 Å². The number of hydrogen-bond donors (Lipinski definition) is 0. The van der Waals surface area contributed by atoms with Crippen molar-refractivity contribution in [3.8, 4) is 5.75 Å². The third-order valence-corrected chi connectivity index (χ3v) is 4.27. The van der Waals surface area contributed by atoms with Gasteiger partial charge in [-0.3, -0.25) is 0 Å². The Kier molecular flexibility index (Phi) is 5.30. The average molecular weight is 260 g/mol. The van der Waals surface area contributed by atoms with Crippen LogP contribution in [0.4, 0.5) is 0 Å². The van der Waals surface area contributed by atoms with Crippen molar-refractivity contribution in [2.24, 2.45) is 5.92 Å². The van der Waals surface area contributed by atoms with Crippen LogP contribution in [-0.4, -0.2) is 6.10 Å². The molecule has 19 heavy (non-hydrogen) atoms. The van der Waals surface area contributed by atoms with Crippen LogP contribution in [-0.2, 0) is 0 Å². The molecule has 0 aromatic heterocycles. The molecule has 0 aliphatic heterocycles. The van der Waals surface area contributed by atoms with Gasteiger partial charge in [-0.05, 0) is 69.1 Å². The molecular weight excluding hydrogens is 232 g/mol. The monoisotopic (exact) mass is 260 g/mol. The summed E-state index contributed by atoms with van der Waals surface area (Å²) in [7, 11) is 0. The summed E-state index contributed by atoms with van der Waals surface area (Å²) < 4.78 is 5.71. The number of hydrogen-bond acceptors (Lipinski definition) is 1. The molecule has 0 amide bonds. The Bertz CT molecular complexity index is 358. The summed E-state index contributed by atoms with van der Waals surface area (Å²) >= 11 is 0. The van der Waals surface area contributed by atoms with Gasteiger partial charge in [0.15, 0.2) is 0 Å². The summed E-state index contributed by atoms with van der Waals surface area (Å²) in [5.41, 5.74) is 1.51. The molecule has 0 bridgehead atoms. The minimum atomic E-state index is 0.260. The van der Waals surface area contributed by atoms with Crippen LogP contribution in [0, 0.1) is 5.92 Å². The summed E-state index contributed by atoms with van der Waals surface area (Å²) in [6.07, 6.45) is 8.61. The van der Waals surface area contributed by atoms with Crippen LogP contribution in [0.1, 0.15) is 70.8 Å². The molecule has 1 heteroatoms. The first-order valence-electron chi connectivity index (χ1n) is 7.95. The Morgan fingerprint density at radius 2 is 1.68 bits per heavy atom. The molecule has 0 atom stereocenters. The topological polar surface area (TPSA) is 9.23 Å². The second kappa shape index (κ2) is 6.98. The van der Waals surface area contributed by atoms with Crippen molar-refractivity contribution >= 4 is 0 Å². The van der Waals surface area contributed by atoms with E-state index in [0.717, 1.165) is 17.6 Å². The molecule has 106 valence electrons. The highest BCUT2D eigenvalue weighted by Crippen LogP contribution is 2.37. The molecule has 1 aromatic rings. The van der Waals surface area contributed by atoms with Gasteiger partial charge in [-0.15, -0.1) is 0 Å². The largest absolute Gasteiger partial charge is 0.491 e. The molecule has 2 rings (SSSR count). The Morgan fingerprint density at radius 1 is 1.05 bits per heavy atom. The first-order chi connectivity index (χ1) is 9.19. The molecule has 1 nitrogen and oxygen atoms in total. The third-order valence-electron chi connectivity index (χ3n) is 4.27. The van der Waals surface area contributed by atoms with Crippen LogP contribution in [0.2, 0.25) is 0 Å². The van der Waals surface area contributed by atoms with E-state index in [-0.39, 0.29) is 6.10 Å². The van der Waals surface area contributed by atoms with Gasteiger partial charge >= 0.3 is 0 Å². The predicted octanol–water partition coefficient (Wildman–Crippen LogP) is 5.55. The number of benzene rings is 1. The van der Waals surface area contributed by atoms with Crippen molar-refractivity contribution in [2.75, 3.05) is 0 Å². The van der Waals surface area contributed by atoms with E-state index in [9.17, 15) is 0 Å². The van der Waals surface area contributed by atoms with Crippen LogP contribution >= 0.6 is 0 Å². The van der Waals surface area contributed by atoms with Gasteiger partial charge in [0, 0.05) is 0 Å². The van der Waals surface area contributed by atoms with Gasteiger partial charge in [0.2, 0.25) is 0 Å². The molecule has 0 radical (unpaired) electrons. The maximum atomic E-state index is 5.71. The molecule has 1 saturated carbocycles. The minimum absolute atomic E-state index is 0.260. The van der Waals surface area contributed by atoms with Crippen molar-refractivity contribution in [1.29, 1.82) is 0 Å². The lowest BCUT2D eigenvalue weighted by molar-refractivity contribution is 0.242. The van der Waals surface area contributed by atoms with Gasteiger partial charge in [0.25, 0.3) is 0 Å². The van der Waals surface area contributed by atoms with Gasteiger partial charge in [-0.2, -0.15) is 0 Å². The van der Waals surface area contributed by atoms with Crippen molar-refractivity contribution in [3.05, 3.63) is 29.8 Å². The number of ether oxygens (including phenoxy) is 1. The Hall–Kier alpha value is -0.980. The van der Waals surface area contributed by atoms with Crippen LogP contribution in [0.25, 0.3) is 0 Å². The number of rotatable bonds is 5. The molecule has 0 heterocycles. The first kappa shape index (κ1) is 14.4. The van der Waals surface area contributed by atoms with Crippen LogP contribution in [0.3, 0.4) is 0 Å². The maximum absolute atomic E-state index is 5.71. The maximum Gasteiger partial charge on any atom is 0.119 e. The molecule has 1 aromatic carbocycles. The van der Waals surface area contributed by atoms with E-state index in [1.165, 1.54) is 44.1 Å². The summed E-state index contributed by atoms with van der Waals surface area (Å²) in [5.74, 6) is 2.77. The smallest absolute Gasteiger partial charge is 0.119 e. The Morgan fingerprint density at radius 3 is 2.21 bits per heavy atom. The fourth-order valence-corrected chi connectivity index (χ4v) is 3.28. The van der Waals surface area contributed by atoms with Crippen molar-refractivity contribution in [2.45, 2.75) is 71.3 Å². The van der Waals surface area contributed by atoms with Gasteiger partial charge in [-0.1, -0.05) is 31.9 Å². The molecule has 0 spiro atoms. The quantitative estimate of drug-likeness (QED) is 0.674. The lowest BCUT2D eigenvalue weighted by Gasteiger charge is -2.28. The lowest BCUT2D eigenvalue weighted by atomic mass is 9.77. The SMILES string of the molecule is CCCC1CCC(c2ccc(OC(C)C)cc2)CC1. The zero-order valence-corrected chi connectivity index (χ0v) is 12.7. The zero-order valence-electron chi connectivity index (χ0n) is 12.7. The fourth-order valence-electron chi connectivity index (χ4n) is 3.28. The van der Waals surface area contributed by atoms with Crippen LogP contribution in [0.15, 0.2) is 24.3 Å². The van der Waals surface area contributed by atoms with Crippen LogP contribution in [0.5, 0.6) is 5.75 Å². The molecule has 1 aliphatic rings. The molecule has 0 saturated heterocycles. The van der Waals surface area contributed by atoms with Gasteiger partial charge in [-0.25, -0.2) is 0 Å². The van der Waals surface area contributed by atoms with E-state index < -0.39 is 0 Å². The second-order valence-corrected chi connectivity index (χ2v) is 6.24. The van der Waals surface area contributed by atoms with Gasteiger partial charge in [0.05, 0.1) is 6.10 Å². The van der Waals surface area contributed by atoms with E-state index in [1.807, 2.05) is 0 Å². The van der Waals surface area contributed by atoms with E-state index in [4.69, 9.17) is 4.74 Å². The van der Waals surface area contributed by atoms with E-state index in [1.54, 1.807) is 0 Å². The standard InChI is InChI=1S/C18H28O/c1-4-5-15-6-8-16(9-7-15)17-10-12-18(13-11-17)19-14(2)3/h10-16H,4-9H2,1-3H3. The second-order valence-electron chi connectivity index (χ2n) is 6.24. The molecule has 1 fully saturated rings. The Labute approximate surface area is 118 Å². The van der Waals surface area contributed by atoms with Gasteiger partial charge in [0.1, 0.15) is 5.75 Å². The minimum Gasteiger partial charge on any atom is -0.491 e. The first-order valence-corrected chi connectivity index (χ1v) is 7.95. The highest BCUT2D eigenvalue weighted by atomic mass is 16.5. The lowest BCUT2D eigenvalue weighted by Crippen LogP contribution is -2.13. The van der Waals surface area contributed by atoms with Crippen molar-refractivity contribution in [1.82, 2.24) is 0 Å². The van der Waals surface area contributed by atoms with E-state index in [0.29, 0.717) is 0 Å². The van der Waals surface area contributed by atoms with E-state index in [2.05, 4.69) is 45.0 Å². The average Bonchev–Trinajstić information content (AvgIpc) is 2.40. The summed E-state index contributed by atoms with van der Waals surface area (Å²) in [4.78, 5) is 0. The zero-order chi connectivity index (χ0) is 13.7. The highest BCUT2D eigenvalue weighted by Gasteiger charge is 2.21.